The second kappa shape index (κ2) is 15.8. The molecule has 3 heterocycles. The van der Waals surface area contributed by atoms with E-state index >= 15 is 0 Å². The highest BCUT2D eigenvalue weighted by Gasteiger charge is 2.57. The number of rotatable bonds is 14. The summed E-state index contributed by atoms with van der Waals surface area (Å²) in [5.41, 5.74) is 2.74. The molecular weight excluding hydrogens is 695 g/mol. The van der Waals surface area contributed by atoms with Crippen LogP contribution in [0.1, 0.15) is 63.9 Å². The maximum atomic E-state index is 14.9. The Kier molecular flexibility index (Phi) is 10.8. The van der Waals surface area contributed by atoms with E-state index in [0.717, 1.165) is 30.7 Å². The van der Waals surface area contributed by atoms with Crippen molar-refractivity contribution in [3.8, 4) is 0 Å². The Bertz CT molecular complexity index is 2130. The largest absolute Gasteiger partial charge is 0.378 e. The van der Waals surface area contributed by atoms with E-state index in [1.807, 2.05) is 12.1 Å². The zero-order chi connectivity index (χ0) is 37.8. The molecule has 3 aliphatic carbocycles. The number of pyridine rings is 1. The van der Waals surface area contributed by atoms with Crippen molar-refractivity contribution in [3.05, 3.63) is 99.0 Å². The second-order valence-electron chi connectivity index (χ2n) is 14.3. The lowest BCUT2D eigenvalue weighted by Crippen LogP contribution is -2.55. The third-order valence-corrected chi connectivity index (χ3v) is 10.6. The Morgan fingerprint density at radius 2 is 1.69 bits per heavy atom. The lowest BCUT2D eigenvalue weighted by atomic mass is 9.42. The predicted octanol–water partition coefficient (Wildman–Crippen LogP) is 2.38. The minimum atomic E-state index is -0.631. The van der Waals surface area contributed by atoms with Crippen molar-refractivity contribution >= 4 is 40.1 Å². The molecule has 2 aromatic heterocycles. The molecule has 0 spiro atoms. The van der Waals surface area contributed by atoms with Gasteiger partial charge in [-0.05, 0) is 66.0 Å². The first-order chi connectivity index (χ1) is 26.1. The number of amides is 4. The number of halogens is 1. The van der Waals surface area contributed by atoms with Crippen molar-refractivity contribution in [2.75, 3.05) is 64.3 Å². The highest BCUT2D eigenvalue weighted by molar-refractivity contribution is 6.02. The number of ether oxygens (including phenoxy) is 1. The van der Waals surface area contributed by atoms with E-state index in [9.17, 15) is 28.4 Å². The standard InChI is InChI=1S/C39H43FN8O6/c1-24(49)44-33-18-27(39-19-26(20-39)21-39)22-43-35(33)37(52)42-9-15-54-14-8-41-23-34(50)47-10-12-48(13-11-47)38(53)30-16-25(6-7-31(30)40)17-32-28-4-2-3-5-29(28)36(51)46-45-32/h2-7,16,18,22,26,41H,8-15,17,19-21,23H2,1H3,(H,42,52)(H,44,49)(H,46,51). The maximum Gasteiger partial charge on any atom is 0.272 e. The van der Waals surface area contributed by atoms with Gasteiger partial charge in [-0.1, -0.05) is 24.3 Å². The average molecular weight is 739 g/mol. The summed E-state index contributed by atoms with van der Waals surface area (Å²) in [4.78, 5) is 70.6. The number of anilines is 1. The molecule has 4 fully saturated rings. The van der Waals surface area contributed by atoms with Gasteiger partial charge in [-0.25, -0.2) is 14.5 Å². The third kappa shape index (κ3) is 7.87. The van der Waals surface area contributed by atoms with Gasteiger partial charge in [0.05, 0.1) is 42.1 Å². The smallest absolute Gasteiger partial charge is 0.272 e. The van der Waals surface area contributed by atoms with Gasteiger partial charge >= 0.3 is 0 Å². The topological polar surface area (TPSA) is 179 Å². The van der Waals surface area contributed by atoms with Crippen LogP contribution in [0.25, 0.3) is 10.8 Å². The van der Waals surface area contributed by atoms with Crippen LogP contribution in [0.5, 0.6) is 0 Å². The first-order valence-corrected chi connectivity index (χ1v) is 18.3. The number of piperazine rings is 1. The summed E-state index contributed by atoms with van der Waals surface area (Å²) in [7, 11) is 0. The van der Waals surface area contributed by atoms with E-state index in [-0.39, 0.29) is 66.8 Å². The number of fused-ring (bicyclic) bond motifs is 1. The van der Waals surface area contributed by atoms with Crippen LogP contribution in [0, 0.1) is 11.7 Å². The molecule has 1 saturated heterocycles. The average Bonchev–Trinajstić information content (AvgIpc) is 3.13. The molecule has 4 aliphatic rings. The van der Waals surface area contributed by atoms with E-state index < -0.39 is 17.6 Å². The zero-order valence-electron chi connectivity index (χ0n) is 30.1. The van der Waals surface area contributed by atoms with Gasteiger partial charge in [0.15, 0.2) is 5.69 Å². The van der Waals surface area contributed by atoms with Crippen LogP contribution >= 0.6 is 0 Å². The van der Waals surface area contributed by atoms with Crippen molar-refractivity contribution in [2.24, 2.45) is 5.92 Å². The molecule has 4 aromatic rings. The molecule has 0 radical (unpaired) electrons. The number of aromatic amines is 1. The van der Waals surface area contributed by atoms with Gasteiger partial charge in [-0.2, -0.15) is 5.10 Å². The monoisotopic (exact) mass is 738 g/mol. The molecule has 1 aliphatic heterocycles. The SMILES string of the molecule is CC(=O)Nc1cc(C23CC(C2)C3)cnc1C(=O)NCCOCCNCC(=O)N1CCN(C(=O)c2cc(Cc3n[nH]c(=O)c4ccccc34)ccc2F)CC1. The van der Waals surface area contributed by atoms with Crippen LogP contribution in [-0.2, 0) is 26.2 Å². The molecule has 0 atom stereocenters. The Labute approximate surface area is 310 Å². The van der Waals surface area contributed by atoms with Gasteiger partial charge in [0, 0.05) is 64.2 Å². The number of carbonyl (C=O) groups excluding carboxylic acids is 4. The van der Waals surface area contributed by atoms with Gasteiger partial charge in [-0.3, -0.25) is 24.0 Å². The Balaban J connectivity index is 0.802. The van der Waals surface area contributed by atoms with Gasteiger partial charge in [0.1, 0.15) is 5.82 Å². The Morgan fingerprint density at radius 1 is 0.963 bits per heavy atom. The van der Waals surface area contributed by atoms with Crippen LogP contribution in [0.15, 0.2) is 59.5 Å². The van der Waals surface area contributed by atoms with Crippen molar-refractivity contribution in [1.82, 2.24) is 35.6 Å². The fourth-order valence-corrected chi connectivity index (χ4v) is 7.60. The van der Waals surface area contributed by atoms with Crippen LogP contribution < -0.4 is 21.5 Å². The number of hydrogen-bond donors (Lipinski definition) is 4. The minimum Gasteiger partial charge on any atom is -0.378 e. The number of benzene rings is 2. The van der Waals surface area contributed by atoms with E-state index in [2.05, 4.69) is 31.1 Å². The molecule has 54 heavy (non-hydrogen) atoms. The van der Waals surface area contributed by atoms with Crippen molar-refractivity contribution in [3.63, 3.8) is 0 Å². The summed E-state index contributed by atoms with van der Waals surface area (Å²) in [6.45, 7) is 3.89. The summed E-state index contributed by atoms with van der Waals surface area (Å²) in [5, 5.41) is 16.5. The quantitative estimate of drug-likeness (QED) is 0.142. The molecule has 15 heteroatoms. The van der Waals surface area contributed by atoms with Crippen molar-refractivity contribution in [2.45, 2.75) is 38.0 Å². The molecule has 0 unspecified atom stereocenters. The summed E-state index contributed by atoms with van der Waals surface area (Å²) < 4.78 is 20.5. The number of nitrogens with one attached hydrogen (secondary N) is 4. The minimum absolute atomic E-state index is 0.0533. The van der Waals surface area contributed by atoms with Crippen LogP contribution in [0.4, 0.5) is 10.1 Å². The summed E-state index contributed by atoms with van der Waals surface area (Å²) >= 11 is 0. The van der Waals surface area contributed by atoms with Gasteiger partial charge in [0.25, 0.3) is 17.4 Å². The molecule has 2 bridgehead atoms. The molecule has 8 rings (SSSR count). The van der Waals surface area contributed by atoms with Crippen LogP contribution in [0.3, 0.4) is 0 Å². The number of H-pyrrole nitrogens is 1. The lowest BCUT2D eigenvalue weighted by Gasteiger charge is -2.62. The molecule has 3 saturated carbocycles. The fraction of sp³-hybridized carbons (Fsp3) is 0.410. The third-order valence-electron chi connectivity index (χ3n) is 10.6. The molecule has 14 nitrogen and oxygen atoms in total. The molecule has 282 valence electrons. The van der Waals surface area contributed by atoms with Crippen LogP contribution in [-0.4, -0.2) is 108 Å². The van der Waals surface area contributed by atoms with Gasteiger partial charge in [0.2, 0.25) is 11.8 Å². The molecule has 4 amide bonds. The molecular formula is C39H43FN8O6. The summed E-state index contributed by atoms with van der Waals surface area (Å²) in [6, 6.07) is 13.4. The normalized spacial score (nSPS) is 18.8. The number of nitrogens with zero attached hydrogens (tertiary/aromatic N) is 4. The van der Waals surface area contributed by atoms with Crippen molar-refractivity contribution < 1.29 is 28.3 Å². The summed E-state index contributed by atoms with van der Waals surface area (Å²) in [6.07, 6.45) is 5.46. The van der Waals surface area contributed by atoms with Crippen molar-refractivity contribution in [1.29, 1.82) is 0 Å². The van der Waals surface area contributed by atoms with Gasteiger partial charge < -0.3 is 30.5 Å². The van der Waals surface area contributed by atoms with Crippen LogP contribution in [0.2, 0.25) is 0 Å². The van der Waals surface area contributed by atoms with E-state index in [1.54, 1.807) is 40.3 Å². The second-order valence-corrected chi connectivity index (χ2v) is 14.3. The highest BCUT2D eigenvalue weighted by atomic mass is 19.1. The van der Waals surface area contributed by atoms with Gasteiger partial charge in [-0.15, -0.1) is 0 Å². The fourth-order valence-electron chi connectivity index (χ4n) is 7.60. The lowest BCUT2D eigenvalue weighted by molar-refractivity contribution is -0.131. The van der Waals surface area contributed by atoms with E-state index in [0.29, 0.717) is 60.4 Å². The maximum absolute atomic E-state index is 14.9. The highest BCUT2D eigenvalue weighted by Crippen LogP contribution is 2.65. The first kappa shape index (κ1) is 36.8. The molecule has 4 N–H and O–H groups in total. The number of aromatic nitrogens is 3. The van der Waals surface area contributed by atoms with E-state index in [4.69, 9.17) is 4.74 Å². The van der Waals surface area contributed by atoms with E-state index in [1.165, 1.54) is 19.1 Å². The Hall–Kier alpha value is -5.54. The first-order valence-electron chi connectivity index (χ1n) is 18.3. The summed E-state index contributed by atoms with van der Waals surface area (Å²) in [5.74, 6) is -1.07. The zero-order valence-corrected chi connectivity index (χ0v) is 30.1. The number of carbonyl (C=O) groups is 4. The Morgan fingerprint density at radius 3 is 2.41 bits per heavy atom. The predicted molar refractivity (Wildman–Crippen MR) is 198 cm³/mol. The molecule has 2 aromatic carbocycles. The number of hydrogen-bond acceptors (Lipinski definition) is 9.